The second kappa shape index (κ2) is 5.80. The first kappa shape index (κ1) is 14.8. The van der Waals surface area contributed by atoms with E-state index in [0.717, 1.165) is 0 Å². The van der Waals surface area contributed by atoms with Crippen LogP contribution in [0.2, 0.25) is 0 Å². The Balaban J connectivity index is 2.24. The summed E-state index contributed by atoms with van der Waals surface area (Å²) in [5.41, 5.74) is 5.47. The van der Waals surface area contributed by atoms with Crippen LogP contribution in [0.25, 0.3) is 11.1 Å². The molecule has 20 heavy (non-hydrogen) atoms. The van der Waals surface area contributed by atoms with E-state index in [0.29, 0.717) is 6.04 Å². The van der Waals surface area contributed by atoms with Gasteiger partial charge in [-0.3, -0.25) is 0 Å². The van der Waals surface area contributed by atoms with Crippen LogP contribution in [-0.4, -0.2) is 7.05 Å². The van der Waals surface area contributed by atoms with E-state index >= 15 is 0 Å². The topological polar surface area (TPSA) is 12.0 Å². The highest BCUT2D eigenvalue weighted by molar-refractivity contribution is 5.64. The quantitative estimate of drug-likeness (QED) is 0.831. The Bertz CT molecular complexity index is 544. The summed E-state index contributed by atoms with van der Waals surface area (Å²) in [6.45, 7) is 8.91. The van der Waals surface area contributed by atoms with Gasteiger partial charge >= 0.3 is 0 Å². The van der Waals surface area contributed by atoms with Gasteiger partial charge in [0, 0.05) is 6.04 Å². The van der Waals surface area contributed by atoms with Gasteiger partial charge in [0.05, 0.1) is 0 Å². The highest BCUT2D eigenvalue weighted by atomic mass is 14.8. The van der Waals surface area contributed by atoms with Crippen LogP contribution in [0, 0.1) is 0 Å². The van der Waals surface area contributed by atoms with Gasteiger partial charge < -0.3 is 5.32 Å². The molecule has 2 aromatic carbocycles. The minimum absolute atomic E-state index is 0.213. The molecule has 106 valence electrons. The van der Waals surface area contributed by atoms with Gasteiger partial charge in [0.15, 0.2) is 0 Å². The Hall–Kier alpha value is -1.60. The van der Waals surface area contributed by atoms with Crippen molar-refractivity contribution in [3.8, 4) is 11.1 Å². The number of rotatable bonds is 3. The first-order valence-corrected chi connectivity index (χ1v) is 7.30. The standard InChI is InChI=1S/C19H25N/c1-14(20-5)15-6-8-16(9-7-15)17-10-12-18(13-11-17)19(2,3)4/h6-14,20H,1-5H3. The van der Waals surface area contributed by atoms with E-state index < -0.39 is 0 Å². The summed E-state index contributed by atoms with van der Waals surface area (Å²) in [6.07, 6.45) is 0. The third-order valence-electron chi connectivity index (χ3n) is 3.93. The summed E-state index contributed by atoms with van der Waals surface area (Å²) >= 11 is 0. The molecule has 0 radical (unpaired) electrons. The molecule has 1 N–H and O–H groups in total. The third-order valence-corrected chi connectivity index (χ3v) is 3.93. The van der Waals surface area contributed by atoms with Crippen molar-refractivity contribution in [2.45, 2.75) is 39.2 Å². The van der Waals surface area contributed by atoms with Crippen molar-refractivity contribution in [1.82, 2.24) is 5.32 Å². The fourth-order valence-corrected chi connectivity index (χ4v) is 2.29. The lowest BCUT2D eigenvalue weighted by Gasteiger charge is -2.19. The minimum atomic E-state index is 0.213. The lowest BCUT2D eigenvalue weighted by atomic mass is 9.86. The van der Waals surface area contributed by atoms with Crippen molar-refractivity contribution < 1.29 is 0 Å². The second-order valence-electron chi connectivity index (χ2n) is 6.46. The highest BCUT2D eigenvalue weighted by Gasteiger charge is 2.13. The van der Waals surface area contributed by atoms with Gasteiger partial charge in [0.25, 0.3) is 0 Å². The number of benzene rings is 2. The molecule has 0 aliphatic heterocycles. The van der Waals surface area contributed by atoms with Crippen LogP contribution in [0.3, 0.4) is 0 Å². The highest BCUT2D eigenvalue weighted by Crippen LogP contribution is 2.26. The lowest BCUT2D eigenvalue weighted by molar-refractivity contribution is 0.590. The molecule has 1 nitrogen and oxygen atoms in total. The van der Waals surface area contributed by atoms with Crippen LogP contribution in [0.4, 0.5) is 0 Å². The molecular weight excluding hydrogens is 242 g/mol. The van der Waals surface area contributed by atoms with Crippen LogP contribution in [-0.2, 0) is 5.41 Å². The molecule has 0 bridgehead atoms. The predicted molar refractivity (Wildman–Crippen MR) is 88.1 cm³/mol. The van der Waals surface area contributed by atoms with Crippen LogP contribution in [0.1, 0.15) is 44.9 Å². The van der Waals surface area contributed by atoms with Crippen molar-refractivity contribution in [2.75, 3.05) is 7.05 Å². The van der Waals surface area contributed by atoms with Crippen molar-refractivity contribution in [1.29, 1.82) is 0 Å². The molecule has 0 amide bonds. The van der Waals surface area contributed by atoms with E-state index in [-0.39, 0.29) is 5.41 Å². The summed E-state index contributed by atoms with van der Waals surface area (Å²) in [5, 5.41) is 3.26. The molecule has 0 aliphatic carbocycles. The second-order valence-corrected chi connectivity index (χ2v) is 6.46. The Labute approximate surface area is 123 Å². The minimum Gasteiger partial charge on any atom is -0.313 e. The summed E-state index contributed by atoms with van der Waals surface area (Å²) in [5.74, 6) is 0. The Morgan fingerprint density at radius 1 is 0.800 bits per heavy atom. The Morgan fingerprint density at radius 3 is 1.65 bits per heavy atom. The molecule has 1 heteroatoms. The molecule has 2 aromatic rings. The van der Waals surface area contributed by atoms with Gasteiger partial charge in [-0.25, -0.2) is 0 Å². The normalized spacial score (nSPS) is 13.2. The lowest BCUT2D eigenvalue weighted by Crippen LogP contribution is -2.11. The van der Waals surface area contributed by atoms with E-state index in [4.69, 9.17) is 0 Å². The first-order chi connectivity index (χ1) is 9.41. The van der Waals surface area contributed by atoms with E-state index in [1.54, 1.807) is 0 Å². The zero-order chi connectivity index (χ0) is 14.8. The summed E-state index contributed by atoms with van der Waals surface area (Å²) < 4.78 is 0. The smallest absolute Gasteiger partial charge is 0.0289 e. The van der Waals surface area contributed by atoms with Crippen molar-refractivity contribution in [3.05, 3.63) is 59.7 Å². The van der Waals surface area contributed by atoms with Gasteiger partial charge in [-0.2, -0.15) is 0 Å². The maximum Gasteiger partial charge on any atom is 0.0289 e. The largest absolute Gasteiger partial charge is 0.313 e. The van der Waals surface area contributed by atoms with Gasteiger partial charge in [0.1, 0.15) is 0 Å². The predicted octanol–water partition coefficient (Wildman–Crippen LogP) is 4.93. The maximum absolute atomic E-state index is 3.26. The summed E-state index contributed by atoms with van der Waals surface area (Å²) in [7, 11) is 1.99. The molecule has 1 atom stereocenters. The maximum atomic E-state index is 3.26. The molecule has 0 fully saturated rings. The number of hydrogen-bond donors (Lipinski definition) is 1. The van der Waals surface area contributed by atoms with Crippen LogP contribution in [0.5, 0.6) is 0 Å². The molecule has 0 saturated heterocycles. The van der Waals surface area contributed by atoms with Crippen LogP contribution in [0.15, 0.2) is 48.5 Å². The van der Waals surface area contributed by atoms with Crippen LogP contribution < -0.4 is 5.32 Å². The molecule has 2 rings (SSSR count). The van der Waals surface area contributed by atoms with E-state index in [1.165, 1.54) is 22.3 Å². The Kier molecular flexibility index (Phi) is 4.29. The van der Waals surface area contributed by atoms with Gasteiger partial charge in [-0.15, -0.1) is 0 Å². The van der Waals surface area contributed by atoms with E-state index in [9.17, 15) is 0 Å². The number of hydrogen-bond acceptors (Lipinski definition) is 1. The molecule has 0 spiro atoms. The molecule has 0 heterocycles. The van der Waals surface area contributed by atoms with Crippen molar-refractivity contribution >= 4 is 0 Å². The molecule has 1 unspecified atom stereocenters. The van der Waals surface area contributed by atoms with Gasteiger partial charge in [0.2, 0.25) is 0 Å². The third kappa shape index (κ3) is 3.29. The van der Waals surface area contributed by atoms with Crippen molar-refractivity contribution in [3.63, 3.8) is 0 Å². The molecular formula is C19H25N. The van der Waals surface area contributed by atoms with Gasteiger partial charge in [-0.1, -0.05) is 69.3 Å². The fourth-order valence-electron chi connectivity index (χ4n) is 2.29. The van der Waals surface area contributed by atoms with E-state index in [1.807, 2.05) is 7.05 Å². The summed E-state index contributed by atoms with van der Waals surface area (Å²) in [4.78, 5) is 0. The number of nitrogens with one attached hydrogen (secondary N) is 1. The monoisotopic (exact) mass is 267 g/mol. The van der Waals surface area contributed by atoms with Crippen molar-refractivity contribution in [2.24, 2.45) is 0 Å². The average molecular weight is 267 g/mol. The van der Waals surface area contributed by atoms with E-state index in [2.05, 4.69) is 81.5 Å². The fraction of sp³-hybridized carbons (Fsp3) is 0.368. The zero-order valence-electron chi connectivity index (χ0n) is 13.2. The zero-order valence-corrected chi connectivity index (χ0v) is 13.2. The molecule has 0 aromatic heterocycles. The van der Waals surface area contributed by atoms with Gasteiger partial charge in [-0.05, 0) is 41.6 Å². The SMILES string of the molecule is CNC(C)c1ccc(-c2ccc(C(C)(C)C)cc2)cc1. The molecule has 0 saturated carbocycles. The van der Waals surface area contributed by atoms with Crippen LogP contribution >= 0.6 is 0 Å². The molecule has 0 aliphatic rings. The Morgan fingerprint density at radius 2 is 1.25 bits per heavy atom. The summed E-state index contributed by atoms with van der Waals surface area (Å²) in [6, 6.07) is 18.1. The first-order valence-electron chi connectivity index (χ1n) is 7.30. The average Bonchev–Trinajstić information content (AvgIpc) is 2.46.